The molecule has 0 spiro atoms. The second-order valence-corrected chi connectivity index (χ2v) is 7.04. The molecule has 7 heteroatoms. The van der Waals surface area contributed by atoms with E-state index in [1.807, 2.05) is 6.92 Å². The number of hydrogen-bond donors (Lipinski definition) is 1. The largest absolute Gasteiger partial charge is 0.493 e. The number of methoxy groups -OCH3 is 1. The molecule has 0 aromatic heterocycles. The van der Waals surface area contributed by atoms with Gasteiger partial charge in [-0.3, -0.25) is 0 Å². The Morgan fingerprint density at radius 2 is 1.50 bits per heavy atom. The van der Waals surface area contributed by atoms with E-state index in [1.54, 1.807) is 31.2 Å². The Kier molecular flexibility index (Phi) is 9.69. The molecule has 0 fully saturated rings. The SMILES string of the molecule is C.CCc1ccc(Cc2c(F)c(C)c(F)c(F)c2OC)cc1F.Cc1ccc(N)cc1F. The van der Waals surface area contributed by atoms with Gasteiger partial charge in [0.15, 0.2) is 11.6 Å². The van der Waals surface area contributed by atoms with Gasteiger partial charge in [0.2, 0.25) is 5.82 Å². The molecule has 0 aliphatic heterocycles. The predicted molar refractivity (Wildman–Crippen MR) is 118 cm³/mol. The second-order valence-electron chi connectivity index (χ2n) is 7.04. The van der Waals surface area contributed by atoms with Gasteiger partial charge in [-0.2, -0.15) is 4.39 Å². The topological polar surface area (TPSA) is 35.2 Å². The lowest BCUT2D eigenvalue weighted by atomic mass is 9.99. The standard InChI is InChI=1S/C17H16F4O.C7H8FN.CH4/c1-4-11-6-5-10(8-13(11)18)7-12-14(19)9(2)15(20)16(21)17(12)22-3;1-5-2-3-6(9)4-7(5)8;/h5-6,8H,4,7H2,1-3H3;2-4H,9H2,1H3;1H4. The van der Waals surface area contributed by atoms with Gasteiger partial charge in [-0.05, 0) is 55.2 Å². The van der Waals surface area contributed by atoms with Crippen molar-refractivity contribution in [1.82, 2.24) is 0 Å². The van der Waals surface area contributed by atoms with Crippen molar-refractivity contribution >= 4 is 5.69 Å². The zero-order chi connectivity index (χ0) is 23.3. The lowest BCUT2D eigenvalue weighted by Crippen LogP contribution is -2.06. The van der Waals surface area contributed by atoms with Crippen molar-refractivity contribution in [3.8, 4) is 5.75 Å². The summed E-state index contributed by atoms with van der Waals surface area (Å²) < 4.78 is 72.8. The van der Waals surface area contributed by atoms with Crippen molar-refractivity contribution in [2.24, 2.45) is 0 Å². The minimum absolute atomic E-state index is 0. The molecule has 0 bridgehead atoms. The summed E-state index contributed by atoms with van der Waals surface area (Å²) in [5.41, 5.74) is 6.84. The van der Waals surface area contributed by atoms with Gasteiger partial charge >= 0.3 is 0 Å². The highest BCUT2D eigenvalue weighted by Crippen LogP contribution is 2.32. The van der Waals surface area contributed by atoms with E-state index in [2.05, 4.69) is 0 Å². The molecule has 3 rings (SSSR count). The maximum atomic E-state index is 14.2. The quantitative estimate of drug-likeness (QED) is 0.261. The molecular weight excluding hydrogens is 425 g/mol. The first kappa shape index (κ1) is 26.9. The van der Waals surface area contributed by atoms with Crippen LogP contribution in [0.2, 0.25) is 0 Å². The van der Waals surface area contributed by atoms with Gasteiger partial charge in [0.05, 0.1) is 7.11 Å². The summed E-state index contributed by atoms with van der Waals surface area (Å²) in [6.07, 6.45) is 0.446. The molecule has 0 atom stereocenters. The minimum atomic E-state index is -1.27. The van der Waals surface area contributed by atoms with E-state index >= 15 is 0 Å². The van der Waals surface area contributed by atoms with Crippen LogP contribution in [0.1, 0.15) is 42.2 Å². The van der Waals surface area contributed by atoms with Gasteiger partial charge in [-0.25, -0.2) is 17.6 Å². The average Bonchev–Trinajstić information content (AvgIpc) is 2.74. The molecule has 0 aliphatic carbocycles. The van der Waals surface area contributed by atoms with Crippen molar-refractivity contribution < 1.29 is 26.7 Å². The summed E-state index contributed by atoms with van der Waals surface area (Å²) in [5, 5.41) is 0. The summed E-state index contributed by atoms with van der Waals surface area (Å²) in [4.78, 5) is 0. The predicted octanol–water partition coefficient (Wildman–Crippen LogP) is 7.07. The van der Waals surface area contributed by atoms with Gasteiger partial charge in [0.1, 0.15) is 17.5 Å². The molecule has 2 N–H and O–H groups in total. The van der Waals surface area contributed by atoms with Crippen LogP contribution in [0.15, 0.2) is 36.4 Å². The first-order valence-electron chi connectivity index (χ1n) is 9.59. The third-order valence-corrected chi connectivity index (χ3v) is 4.87. The fourth-order valence-corrected chi connectivity index (χ4v) is 2.99. The Balaban J connectivity index is 0.000000431. The van der Waals surface area contributed by atoms with E-state index < -0.39 is 34.6 Å². The van der Waals surface area contributed by atoms with Gasteiger partial charge < -0.3 is 10.5 Å². The Hall–Kier alpha value is -3.09. The number of hydrogen-bond acceptors (Lipinski definition) is 2. The van der Waals surface area contributed by atoms with Crippen LogP contribution >= 0.6 is 0 Å². The number of ether oxygens (including phenoxy) is 1. The molecule has 0 saturated carbocycles. The average molecular weight is 453 g/mol. The number of nitrogens with two attached hydrogens (primary N) is 1. The Morgan fingerprint density at radius 3 is 2.00 bits per heavy atom. The smallest absolute Gasteiger partial charge is 0.201 e. The molecule has 2 nitrogen and oxygen atoms in total. The summed E-state index contributed by atoms with van der Waals surface area (Å²) in [6, 6.07) is 9.16. The lowest BCUT2D eigenvalue weighted by Gasteiger charge is -2.14. The maximum absolute atomic E-state index is 14.2. The number of rotatable bonds is 4. The highest BCUT2D eigenvalue weighted by atomic mass is 19.2. The van der Waals surface area contributed by atoms with Crippen LogP contribution in [0, 0.1) is 42.9 Å². The van der Waals surface area contributed by atoms with Crippen LogP contribution in [-0.4, -0.2) is 7.11 Å². The molecule has 0 amide bonds. The Bertz CT molecular complexity index is 1080. The van der Waals surface area contributed by atoms with Crippen molar-refractivity contribution in [3.05, 3.63) is 93.3 Å². The van der Waals surface area contributed by atoms with E-state index in [1.165, 1.54) is 12.1 Å². The number of anilines is 1. The summed E-state index contributed by atoms with van der Waals surface area (Å²) >= 11 is 0. The van der Waals surface area contributed by atoms with Crippen molar-refractivity contribution in [3.63, 3.8) is 0 Å². The van der Waals surface area contributed by atoms with Crippen LogP contribution in [0.4, 0.5) is 27.6 Å². The van der Waals surface area contributed by atoms with E-state index in [9.17, 15) is 22.0 Å². The van der Waals surface area contributed by atoms with Crippen LogP contribution in [0.25, 0.3) is 0 Å². The number of halogens is 5. The number of nitrogen functional groups attached to an aromatic ring is 1. The van der Waals surface area contributed by atoms with Gasteiger partial charge in [-0.1, -0.05) is 32.5 Å². The van der Waals surface area contributed by atoms with Crippen LogP contribution in [0.5, 0.6) is 5.75 Å². The molecule has 3 aromatic carbocycles. The summed E-state index contributed by atoms with van der Waals surface area (Å²) in [6.45, 7) is 4.67. The Labute approximate surface area is 185 Å². The third kappa shape index (κ3) is 5.99. The zero-order valence-electron chi connectivity index (χ0n) is 17.8. The first-order chi connectivity index (χ1) is 14.6. The Morgan fingerprint density at radius 1 is 0.844 bits per heavy atom. The fraction of sp³-hybridized carbons (Fsp3) is 0.280. The normalized spacial score (nSPS) is 10.2. The van der Waals surface area contributed by atoms with E-state index in [4.69, 9.17) is 10.5 Å². The number of benzene rings is 3. The molecule has 0 unspecified atom stereocenters. The van der Waals surface area contributed by atoms with Gasteiger partial charge in [0, 0.05) is 23.2 Å². The third-order valence-electron chi connectivity index (χ3n) is 4.87. The summed E-state index contributed by atoms with van der Waals surface area (Å²) in [7, 11) is 1.14. The molecule has 0 saturated heterocycles. The molecule has 32 heavy (non-hydrogen) atoms. The van der Waals surface area contributed by atoms with Crippen LogP contribution in [-0.2, 0) is 12.8 Å². The highest BCUT2D eigenvalue weighted by molar-refractivity contribution is 5.44. The van der Waals surface area contributed by atoms with Gasteiger partial charge in [-0.15, -0.1) is 0 Å². The minimum Gasteiger partial charge on any atom is -0.493 e. The highest BCUT2D eigenvalue weighted by Gasteiger charge is 2.23. The van der Waals surface area contributed by atoms with E-state index in [0.717, 1.165) is 14.0 Å². The fourth-order valence-electron chi connectivity index (χ4n) is 2.99. The number of aryl methyl sites for hydroxylation is 2. The monoisotopic (exact) mass is 453 g/mol. The second kappa shape index (κ2) is 11.5. The van der Waals surface area contributed by atoms with Crippen LogP contribution in [0.3, 0.4) is 0 Å². The molecular formula is C25H28F5NO. The van der Waals surface area contributed by atoms with Crippen molar-refractivity contribution in [2.75, 3.05) is 12.8 Å². The molecule has 3 aromatic rings. The maximum Gasteiger partial charge on any atom is 0.201 e. The molecule has 0 radical (unpaired) electrons. The lowest BCUT2D eigenvalue weighted by molar-refractivity contribution is 0.359. The van der Waals surface area contributed by atoms with E-state index in [-0.39, 0.29) is 25.2 Å². The van der Waals surface area contributed by atoms with Crippen molar-refractivity contribution in [2.45, 2.75) is 41.0 Å². The van der Waals surface area contributed by atoms with Crippen LogP contribution < -0.4 is 10.5 Å². The first-order valence-corrected chi connectivity index (χ1v) is 9.59. The summed E-state index contributed by atoms with van der Waals surface area (Å²) in [5.74, 6) is -4.52. The molecule has 174 valence electrons. The van der Waals surface area contributed by atoms with E-state index in [0.29, 0.717) is 28.8 Å². The van der Waals surface area contributed by atoms with Gasteiger partial charge in [0.25, 0.3) is 0 Å². The zero-order valence-corrected chi connectivity index (χ0v) is 17.8. The molecule has 0 heterocycles. The molecule has 0 aliphatic rings. The van der Waals surface area contributed by atoms with Crippen molar-refractivity contribution in [1.29, 1.82) is 0 Å².